The predicted octanol–water partition coefficient (Wildman–Crippen LogP) is 3.99. The molecule has 0 spiro atoms. The fraction of sp³-hybridized carbons (Fsp3) is 0.571. The van der Waals surface area contributed by atoms with Gasteiger partial charge in [0, 0.05) is 0 Å². The van der Waals surface area contributed by atoms with Crippen LogP contribution in [0.25, 0.3) is 0 Å². The molecule has 1 aromatic rings. The average molecular weight is 274 g/mol. The quantitative estimate of drug-likeness (QED) is 0.826. The van der Waals surface area contributed by atoms with Gasteiger partial charge in [-0.15, -0.1) is 13.2 Å². The second-order valence-corrected chi connectivity index (χ2v) is 4.96. The van der Waals surface area contributed by atoms with Crippen molar-refractivity contribution < 1.29 is 23.0 Å². The number of rotatable bonds is 2. The van der Waals surface area contributed by atoms with Crippen molar-refractivity contribution in [2.45, 2.75) is 50.5 Å². The van der Waals surface area contributed by atoms with Crippen molar-refractivity contribution in [1.29, 1.82) is 0 Å². The van der Waals surface area contributed by atoms with Crippen LogP contribution in [0.15, 0.2) is 24.3 Å². The summed E-state index contributed by atoms with van der Waals surface area (Å²) in [6, 6.07) is 6.22. The van der Waals surface area contributed by atoms with E-state index >= 15 is 0 Å². The lowest BCUT2D eigenvalue weighted by Crippen LogP contribution is -2.19. The SMILES string of the molecule is OC1CCCCC(c2ccccc2OC(F)(F)F)C1. The first-order valence-corrected chi connectivity index (χ1v) is 6.48. The molecule has 2 rings (SSSR count). The van der Waals surface area contributed by atoms with E-state index < -0.39 is 12.5 Å². The van der Waals surface area contributed by atoms with E-state index in [1.54, 1.807) is 12.1 Å². The van der Waals surface area contributed by atoms with E-state index in [4.69, 9.17) is 0 Å². The fourth-order valence-corrected chi connectivity index (χ4v) is 2.65. The van der Waals surface area contributed by atoms with Gasteiger partial charge in [-0.2, -0.15) is 0 Å². The van der Waals surface area contributed by atoms with Crippen molar-refractivity contribution in [1.82, 2.24) is 0 Å². The Hall–Kier alpha value is -1.23. The van der Waals surface area contributed by atoms with Crippen LogP contribution in [-0.4, -0.2) is 17.6 Å². The standard InChI is InChI=1S/C14H17F3O2/c15-14(16,17)19-13-8-4-3-7-12(13)10-5-1-2-6-11(18)9-10/h3-4,7-8,10-11,18H,1-2,5-6,9H2. The summed E-state index contributed by atoms with van der Waals surface area (Å²) in [7, 11) is 0. The number of aliphatic hydroxyl groups excluding tert-OH is 1. The zero-order valence-electron chi connectivity index (χ0n) is 10.5. The van der Waals surface area contributed by atoms with Gasteiger partial charge >= 0.3 is 6.36 Å². The van der Waals surface area contributed by atoms with Crippen LogP contribution < -0.4 is 4.74 Å². The van der Waals surface area contributed by atoms with Crippen molar-refractivity contribution in [2.24, 2.45) is 0 Å². The largest absolute Gasteiger partial charge is 0.573 e. The number of para-hydroxylation sites is 1. The van der Waals surface area contributed by atoms with Crippen molar-refractivity contribution in [2.75, 3.05) is 0 Å². The maximum atomic E-state index is 12.4. The molecule has 1 aliphatic carbocycles. The molecule has 106 valence electrons. The monoisotopic (exact) mass is 274 g/mol. The molecule has 1 saturated carbocycles. The summed E-state index contributed by atoms with van der Waals surface area (Å²) in [5, 5.41) is 9.78. The summed E-state index contributed by atoms with van der Waals surface area (Å²) in [6.45, 7) is 0. The van der Waals surface area contributed by atoms with Crippen LogP contribution in [0.2, 0.25) is 0 Å². The Morgan fingerprint density at radius 3 is 2.53 bits per heavy atom. The molecule has 0 saturated heterocycles. The molecule has 1 fully saturated rings. The molecular weight excluding hydrogens is 257 g/mol. The van der Waals surface area contributed by atoms with Crippen LogP contribution >= 0.6 is 0 Å². The fourth-order valence-electron chi connectivity index (χ4n) is 2.65. The molecule has 2 atom stereocenters. The molecule has 0 heterocycles. The van der Waals surface area contributed by atoms with E-state index in [-0.39, 0.29) is 11.7 Å². The van der Waals surface area contributed by atoms with Crippen LogP contribution in [0.5, 0.6) is 5.75 Å². The van der Waals surface area contributed by atoms with Gasteiger partial charge in [-0.25, -0.2) is 0 Å². The summed E-state index contributed by atoms with van der Waals surface area (Å²) in [4.78, 5) is 0. The molecule has 0 amide bonds. The number of hydrogen-bond donors (Lipinski definition) is 1. The van der Waals surface area contributed by atoms with E-state index in [9.17, 15) is 18.3 Å². The first-order chi connectivity index (χ1) is 8.96. The molecule has 2 unspecified atom stereocenters. The number of aliphatic hydroxyl groups is 1. The van der Waals surface area contributed by atoms with Crippen LogP contribution in [0, 0.1) is 0 Å². The van der Waals surface area contributed by atoms with E-state index in [0.717, 1.165) is 25.7 Å². The van der Waals surface area contributed by atoms with E-state index in [1.165, 1.54) is 12.1 Å². The zero-order chi connectivity index (χ0) is 13.9. The number of halogens is 3. The van der Waals surface area contributed by atoms with E-state index in [0.29, 0.717) is 12.0 Å². The molecule has 2 nitrogen and oxygen atoms in total. The Balaban J connectivity index is 2.22. The average Bonchev–Trinajstić information content (AvgIpc) is 2.52. The van der Waals surface area contributed by atoms with E-state index in [1.807, 2.05) is 0 Å². The summed E-state index contributed by atoms with van der Waals surface area (Å²) in [5.41, 5.74) is 0.542. The zero-order valence-corrected chi connectivity index (χ0v) is 10.5. The predicted molar refractivity (Wildman–Crippen MR) is 65.0 cm³/mol. The highest BCUT2D eigenvalue weighted by Gasteiger charge is 2.33. The number of benzene rings is 1. The molecule has 19 heavy (non-hydrogen) atoms. The van der Waals surface area contributed by atoms with Crippen LogP contribution in [0.1, 0.15) is 43.6 Å². The maximum absolute atomic E-state index is 12.4. The van der Waals surface area contributed by atoms with Crippen LogP contribution in [0.4, 0.5) is 13.2 Å². The van der Waals surface area contributed by atoms with Gasteiger partial charge in [0.1, 0.15) is 5.75 Å². The van der Waals surface area contributed by atoms with Gasteiger partial charge < -0.3 is 9.84 Å². The molecule has 0 bridgehead atoms. The molecule has 0 aromatic heterocycles. The Morgan fingerprint density at radius 2 is 1.79 bits per heavy atom. The second kappa shape index (κ2) is 5.82. The summed E-state index contributed by atoms with van der Waals surface area (Å²) in [6.07, 6.45) is -1.28. The Kier molecular flexibility index (Phi) is 4.34. The summed E-state index contributed by atoms with van der Waals surface area (Å²) in [5.74, 6) is -0.217. The van der Waals surface area contributed by atoms with Gasteiger partial charge in [0.2, 0.25) is 0 Å². The van der Waals surface area contributed by atoms with Crippen molar-refractivity contribution in [3.05, 3.63) is 29.8 Å². The normalized spacial score (nSPS) is 24.8. The number of hydrogen-bond acceptors (Lipinski definition) is 2. The molecular formula is C14H17F3O2. The van der Waals surface area contributed by atoms with Gasteiger partial charge in [0.15, 0.2) is 0 Å². The molecule has 1 aliphatic rings. The Bertz CT molecular complexity index is 417. The van der Waals surface area contributed by atoms with Crippen molar-refractivity contribution in [3.8, 4) is 5.75 Å². The minimum atomic E-state index is -4.68. The lowest BCUT2D eigenvalue weighted by molar-refractivity contribution is -0.275. The van der Waals surface area contributed by atoms with Crippen LogP contribution in [-0.2, 0) is 0 Å². The van der Waals surface area contributed by atoms with Gasteiger partial charge in [0.05, 0.1) is 6.10 Å². The second-order valence-electron chi connectivity index (χ2n) is 4.96. The number of alkyl halides is 3. The number of ether oxygens (including phenoxy) is 1. The summed E-state index contributed by atoms with van der Waals surface area (Å²) >= 11 is 0. The lowest BCUT2D eigenvalue weighted by atomic mass is 9.90. The van der Waals surface area contributed by atoms with Gasteiger partial charge in [-0.3, -0.25) is 0 Å². The lowest BCUT2D eigenvalue weighted by Gasteiger charge is -2.20. The molecule has 1 N–H and O–H groups in total. The minimum Gasteiger partial charge on any atom is -0.405 e. The Morgan fingerprint density at radius 1 is 1.11 bits per heavy atom. The first kappa shape index (κ1) is 14.2. The Labute approximate surface area is 110 Å². The smallest absolute Gasteiger partial charge is 0.405 e. The highest BCUT2D eigenvalue weighted by molar-refractivity contribution is 5.36. The minimum absolute atomic E-state index is 0.0731. The third-order valence-electron chi connectivity index (χ3n) is 3.48. The first-order valence-electron chi connectivity index (χ1n) is 6.48. The summed E-state index contributed by atoms with van der Waals surface area (Å²) < 4.78 is 41.2. The maximum Gasteiger partial charge on any atom is 0.573 e. The molecule has 5 heteroatoms. The van der Waals surface area contributed by atoms with Crippen LogP contribution in [0.3, 0.4) is 0 Å². The molecule has 0 radical (unpaired) electrons. The third kappa shape index (κ3) is 4.13. The van der Waals surface area contributed by atoms with Crippen molar-refractivity contribution >= 4 is 0 Å². The van der Waals surface area contributed by atoms with Crippen molar-refractivity contribution in [3.63, 3.8) is 0 Å². The topological polar surface area (TPSA) is 29.5 Å². The highest BCUT2D eigenvalue weighted by atomic mass is 19.4. The molecule has 0 aliphatic heterocycles. The van der Waals surface area contributed by atoms with E-state index in [2.05, 4.69) is 4.74 Å². The van der Waals surface area contributed by atoms with Gasteiger partial charge in [-0.05, 0) is 36.8 Å². The molecule has 1 aromatic carbocycles. The van der Waals surface area contributed by atoms with Gasteiger partial charge in [0.25, 0.3) is 0 Å². The third-order valence-corrected chi connectivity index (χ3v) is 3.48. The van der Waals surface area contributed by atoms with Gasteiger partial charge in [-0.1, -0.05) is 31.0 Å². The highest BCUT2D eigenvalue weighted by Crippen LogP contribution is 2.38.